The summed E-state index contributed by atoms with van der Waals surface area (Å²) in [5.74, 6) is -12.6. The number of carboxylic acids is 2. The third-order valence-electron chi connectivity index (χ3n) is 5.87. The van der Waals surface area contributed by atoms with Crippen molar-refractivity contribution in [1.82, 2.24) is 19.9 Å². The third kappa shape index (κ3) is 9.98. The summed E-state index contributed by atoms with van der Waals surface area (Å²) in [6, 6.07) is 4.44. The molecule has 0 fully saturated rings. The molecule has 47 heavy (non-hydrogen) atoms. The van der Waals surface area contributed by atoms with Crippen LogP contribution in [0.4, 0.5) is 32.0 Å². The van der Waals surface area contributed by atoms with Crippen molar-refractivity contribution >= 4 is 55.4 Å². The van der Waals surface area contributed by atoms with E-state index in [2.05, 4.69) is 31.2 Å². The smallest absolute Gasteiger partial charge is 0.328 e. The van der Waals surface area contributed by atoms with Crippen molar-refractivity contribution in [3.8, 4) is 0 Å². The van der Waals surface area contributed by atoms with Crippen LogP contribution < -0.4 is 22.2 Å². The van der Waals surface area contributed by atoms with Gasteiger partial charge >= 0.3 is 23.8 Å². The summed E-state index contributed by atoms with van der Waals surface area (Å²) in [6.45, 7) is 6.68. The van der Waals surface area contributed by atoms with Crippen LogP contribution >= 0.6 is 15.9 Å². The van der Waals surface area contributed by atoms with E-state index in [0.29, 0.717) is 18.3 Å². The maximum Gasteiger partial charge on any atom is 0.328 e. The Bertz CT molecular complexity index is 1950. The van der Waals surface area contributed by atoms with E-state index >= 15 is 0 Å². The molecule has 7 N–H and O–H groups in total. The van der Waals surface area contributed by atoms with Crippen LogP contribution in [0.3, 0.4) is 0 Å². The van der Waals surface area contributed by atoms with Gasteiger partial charge in [-0.3, -0.25) is 14.4 Å². The molecule has 0 aliphatic carbocycles. The average Bonchev–Trinajstić information content (AvgIpc) is 2.88. The number of fused-ring (bicyclic) bond motifs is 2. The van der Waals surface area contributed by atoms with Gasteiger partial charge in [-0.15, -0.1) is 0 Å². The number of hydrogen-bond donors (Lipinski definition) is 6. The minimum atomic E-state index is -3.43. The quantitative estimate of drug-likeness (QED) is 0.143. The Morgan fingerprint density at radius 1 is 0.766 bits per heavy atom. The SMILES string of the molecule is CC(C)(N)C(=O)O.CC(C)(Nc1cc(F)c2nc(C(C)(F)F)[nH]c(=O)c2c1)C(=O)O.CC(F)(F)c1nc2c(F)cc(Br)cc2c(=O)[nH]1. The predicted octanol–water partition coefficient (Wildman–Crippen LogP) is 5.19. The normalized spacial score (nSPS) is 12.1. The average molecular weight is 739 g/mol. The number of nitrogens with one attached hydrogen (secondary N) is 3. The number of benzene rings is 2. The van der Waals surface area contributed by atoms with Crippen LogP contribution in [0.25, 0.3) is 21.8 Å². The van der Waals surface area contributed by atoms with Gasteiger partial charge < -0.3 is 31.2 Å². The minimum Gasteiger partial charge on any atom is -0.480 e. The molecular weight excluding hydrogens is 710 g/mol. The highest BCUT2D eigenvalue weighted by Crippen LogP contribution is 2.27. The molecule has 256 valence electrons. The van der Waals surface area contributed by atoms with E-state index in [1.54, 1.807) is 0 Å². The number of alkyl halides is 4. The van der Waals surface area contributed by atoms with Gasteiger partial charge in [0.05, 0.1) is 10.8 Å². The largest absolute Gasteiger partial charge is 0.480 e. The lowest BCUT2D eigenvalue weighted by Gasteiger charge is -2.22. The highest BCUT2D eigenvalue weighted by molar-refractivity contribution is 9.10. The molecule has 0 aliphatic rings. The van der Waals surface area contributed by atoms with Crippen molar-refractivity contribution in [3.63, 3.8) is 0 Å². The Labute approximate surface area is 269 Å². The highest BCUT2D eigenvalue weighted by Gasteiger charge is 2.31. The zero-order valence-electron chi connectivity index (χ0n) is 25.5. The summed E-state index contributed by atoms with van der Waals surface area (Å²) in [5.41, 5.74) is -0.0245. The van der Waals surface area contributed by atoms with E-state index in [0.717, 1.165) is 18.2 Å². The molecule has 0 saturated carbocycles. The molecule has 0 saturated heterocycles. The van der Waals surface area contributed by atoms with Gasteiger partial charge in [0.1, 0.15) is 22.1 Å². The molecule has 2 aromatic heterocycles. The number of rotatable bonds is 6. The van der Waals surface area contributed by atoms with Gasteiger partial charge in [-0.1, -0.05) is 15.9 Å². The number of hydrogen-bond acceptors (Lipinski definition) is 8. The summed E-state index contributed by atoms with van der Waals surface area (Å²) in [7, 11) is 0. The van der Waals surface area contributed by atoms with Crippen LogP contribution in [0.15, 0.2) is 38.3 Å². The van der Waals surface area contributed by atoms with Gasteiger partial charge in [0.2, 0.25) is 0 Å². The molecule has 0 atom stereocenters. The lowest BCUT2D eigenvalue weighted by Crippen LogP contribution is -2.41. The van der Waals surface area contributed by atoms with Crippen molar-refractivity contribution in [1.29, 1.82) is 0 Å². The number of nitrogens with two attached hydrogens (primary N) is 1. The molecule has 0 aliphatic heterocycles. The molecule has 0 unspecified atom stereocenters. The fourth-order valence-electron chi connectivity index (χ4n) is 3.27. The Balaban J connectivity index is 0.000000280. The molecule has 0 amide bonds. The Kier molecular flexibility index (Phi) is 11.3. The minimum absolute atomic E-state index is 0.0192. The second kappa shape index (κ2) is 13.7. The van der Waals surface area contributed by atoms with Crippen LogP contribution in [0.1, 0.15) is 53.2 Å². The third-order valence-corrected chi connectivity index (χ3v) is 6.32. The van der Waals surface area contributed by atoms with Gasteiger partial charge in [-0.2, -0.15) is 17.6 Å². The molecule has 4 aromatic rings. The zero-order chi connectivity index (χ0) is 36.4. The van der Waals surface area contributed by atoms with Crippen molar-refractivity contribution in [2.24, 2.45) is 5.73 Å². The van der Waals surface area contributed by atoms with Gasteiger partial charge in [0.25, 0.3) is 11.1 Å². The summed E-state index contributed by atoms with van der Waals surface area (Å²) < 4.78 is 80.5. The van der Waals surface area contributed by atoms with Crippen molar-refractivity contribution in [2.45, 2.75) is 64.5 Å². The molecule has 12 nitrogen and oxygen atoms in total. The molecular formula is C28H29BrF6N6O6. The Hall–Kier alpha value is -4.52. The Morgan fingerprint density at radius 3 is 1.51 bits per heavy atom. The number of aromatic amines is 2. The van der Waals surface area contributed by atoms with Gasteiger partial charge in [-0.05, 0) is 52.0 Å². The maximum absolute atomic E-state index is 14.1. The molecule has 0 radical (unpaired) electrons. The first kappa shape index (κ1) is 38.7. The number of carboxylic acid groups (broad SMARTS) is 2. The lowest BCUT2D eigenvalue weighted by molar-refractivity contribution is -0.142. The predicted molar refractivity (Wildman–Crippen MR) is 163 cm³/mol. The first-order valence-corrected chi connectivity index (χ1v) is 13.9. The second-order valence-corrected chi connectivity index (χ2v) is 12.2. The highest BCUT2D eigenvalue weighted by atomic mass is 79.9. The first-order valence-electron chi connectivity index (χ1n) is 13.1. The maximum atomic E-state index is 14.1. The van der Waals surface area contributed by atoms with Gasteiger partial charge in [0.15, 0.2) is 23.3 Å². The van der Waals surface area contributed by atoms with Gasteiger partial charge in [0, 0.05) is 24.0 Å². The van der Waals surface area contributed by atoms with E-state index in [9.17, 15) is 45.5 Å². The molecule has 2 heterocycles. The van der Waals surface area contributed by atoms with Crippen LogP contribution in [0, 0.1) is 11.6 Å². The monoisotopic (exact) mass is 738 g/mol. The van der Waals surface area contributed by atoms with Gasteiger partial charge in [-0.25, -0.2) is 23.5 Å². The molecule has 4 rings (SSSR count). The molecule has 2 aromatic carbocycles. The van der Waals surface area contributed by atoms with Crippen LogP contribution in [0.2, 0.25) is 0 Å². The number of halogens is 7. The zero-order valence-corrected chi connectivity index (χ0v) is 27.0. The van der Waals surface area contributed by atoms with Crippen LogP contribution in [0.5, 0.6) is 0 Å². The van der Waals surface area contributed by atoms with E-state index in [4.69, 9.17) is 15.9 Å². The number of nitrogens with zero attached hydrogens (tertiary/aromatic N) is 2. The van der Waals surface area contributed by atoms with E-state index in [-0.39, 0.29) is 22.0 Å². The second-order valence-electron chi connectivity index (χ2n) is 11.3. The van der Waals surface area contributed by atoms with E-state index in [1.165, 1.54) is 33.8 Å². The molecule has 0 bridgehead atoms. The number of H-pyrrole nitrogens is 2. The lowest BCUT2D eigenvalue weighted by atomic mass is 10.1. The number of anilines is 1. The fourth-order valence-corrected chi connectivity index (χ4v) is 3.70. The van der Waals surface area contributed by atoms with Crippen molar-refractivity contribution < 1.29 is 46.1 Å². The number of aromatic nitrogens is 4. The van der Waals surface area contributed by atoms with Crippen molar-refractivity contribution in [2.75, 3.05) is 5.32 Å². The van der Waals surface area contributed by atoms with Crippen LogP contribution in [-0.4, -0.2) is 53.2 Å². The Morgan fingerprint density at radius 2 is 1.15 bits per heavy atom. The van der Waals surface area contributed by atoms with Crippen molar-refractivity contribution in [3.05, 3.63) is 72.7 Å². The molecule has 19 heteroatoms. The summed E-state index contributed by atoms with van der Waals surface area (Å²) >= 11 is 3.01. The van der Waals surface area contributed by atoms with Crippen LogP contribution in [-0.2, 0) is 21.4 Å². The number of carbonyl (C=O) groups is 2. The summed E-state index contributed by atoms with van der Waals surface area (Å²) in [6.07, 6.45) is 0. The fraction of sp³-hybridized carbons (Fsp3) is 0.357. The first-order chi connectivity index (χ1) is 21.1. The van der Waals surface area contributed by atoms with E-state index in [1.807, 2.05) is 9.97 Å². The summed E-state index contributed by atoms with van der Waals surface area (Å²) in [5, 5.41) is 19.4. The van der Waals surface area contributed by atoms with E-state index < -0.39 is 74.8 Å². The standard InChI is InChI=1S/C14H14F3N3O3.C10H6BrF3N2O.C4H9NO2/c1-13(2,12(22)23)20-6-4-7-9(8(15)5-6)18-11(14(3,16)17)19-10(7)21;1-10(13,14)9-15-7-5(8(17)16-9)2-4(11)3-6(7)12;1-4(2,5)3(6)7/h4-5,20H,1-3H3,(H,22,23)(H,18,19,21);2-3H,1H3,(H,15,16,17);5H2,1-2H3,(H,6,7). The summed E-state index contributed by atoms with van der Waals surface area (Å²) in [4.78, 5) is 55.2. The topological polar surface area (TPSA) is 204 Å². The molecule has 0 spiro atoms. The number of aliphatic carboxylic acids is 2.